The van der Waals surface area contributed by atoms with Crippen LogP contribution in [0, 0.1) is 6.92 Å². The maximum atomic E-state index is 10.9. The minimum Gasteiger partial charge on any atom is -0.464 e. The highest BCUT2D eigenvalue weighted by Crippen LogP contribution is 2.12. The van der Waals surface area contributed by atoms with E-state index in [0.717, 1.165) is 11.3 Å². The van der Waals surface area contributed by atoms with Gasteiger partial charge in [0.15, 0.2) is 0 Å². The molecule has 0 fully saturated rings. The summed E-state index contributed by atoms with van der Waals surface area (Å²) in [4.78, 5) is 10.9. The maximum absolute atomic E-state index is 10.9. The number of nitrogens with one attached hydrogen (secondary N) is 1. The second-order valence-electron chi connectivity index (χ2n) is 2.82. The standard InChI is InChI=1S/C10H11ClN2O2/c1-7-5-3-4-6-8(7)12-13-9(11)10(14)15-2/h3-6,12H,1-2H3/b13-9-. The number of nitrogens with zero attached hydrogens (tertiary/aromatic N) is 1. The fourth-order valence-corrected chi connectivity index (χ4v) is 1.06. The molecule has 0 aliphatic carbocycles. The van der Waals surface area contributed by atoms with E-state index >= 15 is 0 Å². The van der Waals surface area contributed by atoms with Crippen LogP contribution in [-0.4, -0.2) is 18.2 Å². The van der Waals surface area contributed by atoms with E-state index in [1.165, 1.54) is 7.11 Å². The Labute approximate surface area is 92.9 Å². The van der Waals surface area contributed by atoms with Gasteiger partial charge in [0.25, 0.3) is 0 Å². The lowest BCUT2D eigenvalue weighted by Gasteiger charge is -2.03. The fourth-order valence-electron chi connectivity index (χ4n) is 0.938. The molecule has 0 bridgehead atoms. The number of ether oxygens (including phenoxy) is 1. The summed E-state index contributed by atoms with van der Waals surface area (Å²) in [6, 6.07) is 7.52. The lowest BCUT2D eigenvalue weighted by molar-refractivity contribution is -0.132. The van der Waals surface area contributed by atoms with Gasteiger partial charge in [0.2, 0.25) is 5.17 Å². The first-order valence-electron chi connectivity index (χ1n) is 4.28. The minimum atomic E-state index is -0.669. The van der Waals surface area contributed by atoms with Gasteiger partial charge in [0, 0.05) is 0 Å². The number of rotatable bonds is 3. The summed E-state index contributed by atoms with van der Waals surface area (Å²) in [5.74, 6) is -0.669. The first-order chi connectivity index (χ1) is 7.15. The lowest BCUT2D eigenvalue weighted by atomic mass is 10.2. The first-order valence-corrected chi connectivity index (χ1v) is 4.66. The zero-order chi connectivity index (χ0) is 11.3. The third-order valence-corrected chi connectivity index (χ3v) is 2.01. The van der Waals surface area contributed by atoms with E-state index in [9.17, 15) is 4.79 Å². The summed E-state index contributed by atoms with van der Waals surface area (Å²) in [5, 5.41) is 3.45. The summed E-state index contributed by atoms with van der Waals surface area (Å²) >= 11 is 5.55. The topological polar surface area (TPSA) is 50.7 Å². The third kappa shape index (κ3) is 3.25. The van der Waals surface area contributed by atoms with Gasteiger partial charge in [0.1, 0.15) is 0 Å². The second kappa shape index (κ2) is 5.36. The van der Waals surface area contributed by atoms with Gasteiger partial charge < -0.3 is 4.74 Å². The van der Waals surface area contributed by atoms with Crippen LogP contribution in [-0.2, 0) is 9.53 Å². The largest absolute Gasteiger partial charge is 0.464 e. The van der Waals surface area contributed by atoms with Crippen LogP contribution in [0.3, 0.4) is 0 Å². The Hall–Kier alpha value is -1.55. The zero-order valence-corrected chi connectivity index (χ0v) is 9.21. The van der Waals surface area contributed by atoms with E-state index < -0.39 is 5.97 Å². The molecule has 0 radical (unpaired) electrons. The van der Waals surface area contributed by atoms with E-state index in [0.29, 0.717) is 0 Å². The highest BCUT2D eigenvalue weighted by atomic mass is 35.5. The number of carbonyl (C=O) groups excluding carboxylic acids is 1. The van der Waals surface area contributed by atoms with Crippen molar-refractivity contribution in [2.75, 3.05) is 12.5 Å². The van der Waals surface area contributed by atoms with Crippen molar-refractivity contribution in [1.29, 1.82) is 0 Å². The van der Waals surface area contributed by atoms with Crippen LogP contribution in [0.4, 0.5) is 5.69 Å². The van der Waals surface area contributed by atoms with Crippen molar-refractivity contribution in [3.63, 3.8) is 0 Å². The number of anilines is 1. The molecule has 1 N–H and O–H groups in total. The van der Waals surface area contributed by atoms with Crippen LogP contribution < -0.4 is 5.43 Å². The number of hydrogen-bond acceptors (Lipinski definition) is 4. The van der Waals surface area contributed by atoms with Gasteiger partial charge >= 0.3 is 5.97 Å². The maximum Gasteiger partial charge on any atom is 0.370 e. The molecule has 15 heavy (non-hydrogen) atoms. The summed E-state index contributed by atoms with van der Waals surface area (Å²) in [6.07, 6.45) is 0. The summed E-state index contributed by atoms with van der Waals surface area (Å²) in [5.41, 5.74) is 4.48. The molecule has 0 atom stereocenters. The fraction of sp³-hybridized carbons (Fsp3) is 0.200. The molecule has 0 heterocycles. The van der Waals surface area contributed by atoms with Crippen LogP contribution in [0.15, 0.2) is 29.4 Å². The molecule has 4 nitrogen and oxygen atoms in total. The van der Waals surface area contributed by atoms with Gasteiger partial charge in [-0.3, -0.25) is 5.43 Å². The average Bonchev–Trinajstić information content (AvgIpc) is 2.26. The van der Waals surface area contributed by atoms with E-state index in [1.807, 2.05) is 31.2 Å². The average molecular weight is 227 g/mol. The van der Waals surface area contributed by atoms with Crippen LogP contribution >= 0.6 is 11.6 Å². The number of hydrogen-bond donors (Lipinski definition) is 1. The van der Waals surface area contributed by atoms with Gasteiger partial charge in [-0.25, -0.2) is 4.79 Å². The van der Waals surface area contributed by atoms with Crippen LogP contribution in [0.1, 0.15) is 5.56 Å². The quantitative estimate of drug-likeness (QED) is 0.488. The van der Waals surface area contributed by atoms with Gasteiger partial charge in [-0.15, -0.1) is 0 Å². The Morgan fingerprint density at radius 1 is 1.47 bits per heavy atom. The first kappa shape index (κ1) is 11.5. The predicted molar refractivity (Wildman–Crippen MR) is 60.1 cm³/mol. The smallest absolute Gasteiger partial charge is 0.370 e. The zero-order valence-electron chi connectivity index (χ0n) is 8.45. The lowest BCUT2D eigenvalue weighted by Crippen LogP contribution is -2.11. The number of hydrazone groups is 1. The molecule has 1 rings (SSSR count). The van der Waals surface area contributed by atoms with Crippen LogP contribution in [0.5, 0.6) is 0 Å². The predicted octanol–water partition coefficient (Wildman–Crippen LogP) is 2.13. The van der Waals surface area contributed by atoms with Gasteiger partial charge in [-0.1, -0.05) is 29.8 Å². The van der Waals surface area contributed by atoms with E-state index in [4.69, 9.17) is 11.6 Å². The monoisotopic (exact) mass is 226 g/mol. The molecule has 80 valence electrons. The normalized spacial score (nSPS) is 11.0. The Bertz CT molecular complexity index is 391. The number of aryl methyl sites for hydroxylation is 1. The molecule has 0 aromatic heterocycles. The van der Waals surface area contributed by atoms with Crippen LogP contribution in [0.2, 0.25) is 0 Å². The van der Waals surface area contributed by atoms with E-state index in [-0.39, 0.29) is 5.17 Å². The van der Waals surface area contributed by atoms with E-state index in [1.54, 1.807) is 0 Å². The molecular weight excluding hydrogens is 216 g/mol. The SMILES string of the molecule is COC(=O)/C(Cl)=N/Nc1ccccc1C. The van der Waals surface area contributed by atoms with Gasteiger partial charge in [0.05, 0.1) is 12.8 Å². The van der Waals surface area contributed by atoms with Crippen molar-refractivity contribution in [2.45, 2.75) is 6.92 Å². The summed E-state index contributed by atoms with van der Waals surface area (Å²) < 4.78 is 4.39. The molecule has 0 saturated heterocycles. The molecule has 0 spiro atoms. The van der Waals surface area contributed by atoms with Crippen molar-refractivity contribution >= 4 is 28.4 Å². The van der Waals surface area contributed by atoms with Crippen LogP contribution in [0.25, 0.3) is 0 Å². The highest BCUT2D eigenvalue weighted by Gasteiger charge is 2.07. The number of carbonyl (C=O) groups is 1. The highest BCUT2D eigenvalue weighted by molar-refractivity contribution is 6.82. The molecule has 0 amide bonds. The van der Waals surface area contributed by atoms with Crippen molar-refractivity contribution in [3.8, 4) is 0 Å². The molecule has 0 aliphatic heterocycles. The van der Waals surface area contributed by atoms with Gasteiger partial charge in [-0.2, -0.15) is 5.10 Å². The molecule has 1 aromatic carbocycles. The molecule has 0 unspecified atom stereocenters. The summed E-state index contributed by atoms with van der Waals surface area (Å²) in [7, 11) is 1.24. The van der Waals surface area contributed by atoms with Crippen molar-refractivity contribution in [2.24, 2.45) is 5.10 Å². The Morgan fingerprint density at radius 3 is 2.73 bits per heavy atom. The molecule has 5 heteroatoms. The Morgan fingerprint density at radius 2 is 2.13 bits per heavy atom. The van der Waals surface area contributed by atoms with Crippen molar-refractivity contribution in [1.82, 2.24) is 0 Å². The van der Waals surface area contributed by atoms with Gasteiger partial charge in [-0.05, 0) is 18.6 Å². The van der Waals surface area contributed by atoms with Crippen molar-refractivity contribution in [3.05, 3.63) is 29.8 Å². The summed E-state index contributed by atoms with van der Waals surface area (Å²) in [6.45, 7) is 1.92. The number of benzene rings is 1. The number of halogens is 1. The molecule has 0 saturated carbocycles. The Kier molecular flexibility index (Phi) is 4.12. The van der Waals surface area contributed by atoms with E-state index in [2.05, 4.69) is 15.3 Å². The number of esters is 1. The van der Waals surface area contributed by atoms with Crippen molar-refractivity contribution < 1.29 is 9.53 Å². The Balaban J connectivity index is 2.72. The second-order valence-corrected chi connectivity index (χ2v) is 3.18. The molecular formula is C10H11ClN2O2. The molecule has 0 aliphatic rings. The third-order valence-electron chi connectivity index (χ3n) is 1.77. The number of para-hydroxylation sites is 1. The molecule has 1 aromatic rings. The number of methoxy groups -OCH3 is 1. The minimum absolute atomic E-state index is 0.235.